The van der Waals surface area contributed by atoms with Crippen molar-refractivity contribution in [3.05, 3.63) is 54.4 Å². The van der Waals surface area contributed by atoms with E-state index in [1.54, 1.807) is 17.3 Å². The van der Waals surface area contributed by atoms with Crippen molar-refractivity contribution in [3.63, 3.8) is 0 Å². The highest BCUT2D eigenvalue weighted by atomic mass is 16.5. The molecule has 1 amide bonds. The van der Waals surface area contributed by atoms with Crippen LogP contribution in [-0.2, 0) is 4.79 Å². The maximum Gasteiger partial charge on any atom is 0.260 e. The molecule has 1 aliphatic heterocycles. The van der Waals surface area contributed by atoms with Gasteiger partial charge in [-0.1, -0.05) is 17.7 Å². The van der Waals surface area contributed by atoms with E-state index >= 15 is 0 Å². The Labute approximate surface area is 135 Å². The van der Waals surface area contributed by atoms with Crippen LogP contribution in [0.5, 0.6) is 11.5 Å². The Morgan fingerprint density at radius 1 is 1.26 bits per heavy atom. The summed E-state index contributed by atoms with van der Waals surface area (Å²) in [5.74, 6) is 1.44. The molecule has 0 bridgehead atoms. The number of benzene rings is 1. The van der Waals surface area contributed by atoms with Crippen molar-refractivity contribution < 1.29 is 14.3 Å². The van der Waals surface area contributed by atoms with Gasteiger partial charge in [0.2, 0.25) is 0 Å². The van der Waals surface area contributed by atoms with Gasteiger partial charge >= 0.3 is 0 Å². The molecule has 1 fully saturated rings. The van der Waals surface area contributed by atoms with Gasteiger partial charge in [-0.05, 0) is 31.2 Å². The van der Waals surface area contributed by atoms with E-state index in [1.807, 2.05) is 43.3 Å². The number of hydrogen-bond acceptors (Lipinski definition) is 4. The van der Waals surface area contributed by atoms with E-state index in [2.05, 4.69) is 4.98 Å². The van der Waals surface area contributed by atoms with Crippen molar-refractivity contribution in [2.24, 2.45) is 0 Å². The largest absolute Gasteiger partial charge is 0.487 e. The number of carbonyl (C=O) groups is 1. The van der Waals surface area contributed by atoms with Gasteiger partial charge in [-0.25, -0.2) is 0 Å². The van der Waals surface area contributed by atoms with Crippen LogP contribution in [0.4, 0.5) is 0 Å². The third-order valence-electron chi connectivity index (χ3n) is 3.82. The molecule has 0 aliphatic carbocycles. The Morgan fingerprint density at radius 3 is 2.83 bits per heavy atom. The smallest absolute Gasteiger partial charge is 0.260 e. The topological polar surface area (TPSA) is 51.7 Å². The summed E-state index contributed by atoms with van der Waals surface area (Å²) in [5.41, 5.74) is 1.17. The Kier molecular flexibility index (Phi) is 4.76. The summed E-state index contributed by atoms with van der Waals surface area (Å²) in [6.07, 6.45) is 4.23. The van der Waals surface area contributed by atoms with Crippen molar-refractivity contribution >= 4 is 5.91 Å². The lowest BCUT2D eigenvalue weighted by atomic mass is 10.2. The lowest BCUT2D eigenvalue weighted by Crippen LogP contribution is -2.34. The Hall–Kier alpha value is -2.56. The first kappa shape index (κ1) is 15.3. The van der Waals surface area contributed by atoms with Gasteiger partial charge in [0.05, 0.1) is 12.7 Å². The standard InChI is InChI=1S/C18H20N2O3/c1-14-4-6-15(7-5-14)22-13-18(21)20-10-8-17(12-20)23-16-3-2-9-19-11-16/h2-7,9,11,17H,8,10,12-13H2,1H3. The molecule has 0 radical (unpaired) electrons. The summed E-state index contributed by atoms with van der Waals surface area (Å²) in [6.45, 7) is 3.36. The predicted molar refractivity (Wildman–Crippen MR) is 86.5 cm³/mol. The predicted octanol–water partition coefficient (Wildman–Crippen LogP) is 2.45. The van der Waals surface area contributed by atoms with E-state index in [1.165, 1.54) is 5.56 Å². The summed E-state index contributed by atoms with van der Waals surface area (Å²) in [7, 11) is 0. The summed E-state index contributed by atoms with van der Waals surface area (Å²) in [5, 5.41) is 0. The second kappa shape index (κ2) is 7.13. The van der Waals surface area contributed by atoms with Crippen LogP contribution < -0.4 is 9.47 Å². The summed E-state index contributed by atoms with van der Waals surface area (Å²) < 4.78 is 11.4. The number of aromatic nitrogens is 1. The molecule has 5 nitrogen and oxygen atoms in total. The summed E-state index contributed by atoms with van der Waals surface area (Å²) >= 11 is 0. The molecule has 2 aromatic rings. The third kappa shape index (κ3) is 4.22. The molecule has 1 aliphatic rings. The van der Waals surface area contributed by atoms with Crippen molar-refractivity contribution in [1.29, 1.82) is 0 Å². The number of aryl methyl sites for hydroxylation is 1. The number of nitrogens with zero attached hydrogens (tertiary/aromatic N) is 2. The molecule has 0 saturated carbocycles. The molecule has 2 heterocycles. The van der Waals surface area contributed by atoms with Gasteiger partial charge in [-0.3, -0.25) is 9.78 Å². The number of likely N-dealkylation sites (tertiary alicyclic amines) is 1. The van der Waals surface area contributed by atoms with Crippen LogP contribution in [0, 0.1) is 6.92 Å². The number of carbonyl (C=O) groups excluding carboxylic acids is 1. The maximum atomic E-state index is 12.2. The molecule has 3 rings (SSSR count). The molecule has 0 N–H and O–H groups in total. The summed E-state index contributed by atoms with van der Waals surface area (Å²) in [4.78, 5) is 18.0. The fourth-order valence-corrected chi connectivity index (χ4v) is 2.53. The van der Waals surface area contributed by atoms with E-state index in [0.29, 0.717) is 18.8 Å². The van der Waals surface area contributed by atoms with Crippen molar-refractivity contribution in [1.82, 2.24) is 9.88 Å². The number of hydrogen-bond donors (Lipinski definition) is 0. The molecule has 1 saturated heterocycles. The zero-order valence-corrected chi connectivity index (χ0v) is 13.1. The molecular formula is C18H20N2O3. The van der Waals surface area contributed by atoms with Gasteiger partial charge < -0.3 is 14.4 Å². The van der Waals surface area contributed by atoms with Crippen molar-refractivity contribution in [2.75, 3.05) is 19.7 Å². The van der Waals surface area contributed by atoms with Gasteiger partial charge in [0, 0.05) is 19.2 Å². The van der Waals surface area contributed by atoms with E-state index < -0.39 is 0 Å². The Balaban J connectivity index is 1.46. The highest BCUT2D eigenvalue weighted by molar-refractivity contribution is 5.78. The fraction of sp³-hybridized carbons (Fsp3) is 0.333. The quantitative estimate of drug-likeness (QED) is 0.851. The maximum absolute atomic E-state index is 12.2. The molecule has 5 heteroatoms. The number of ether oxygens (including phenoxy) is 2. The van der Waals surface area contributed by atoms with E-state index in [4.69, 9.17) is 9.47 Å². The molecule has 1 aromatic heterocycles. The average Bonchev–Trinajstić information content (AvgIpc) is 3.03. The van der Waals surface area contributed by atoms with E-state index in [9.17, 15) is 4.79 Å². The minimum absolute atomic E-state index is 0.0112. The van der Waals surface area contributed by atoms with Gasteiger partial charge in [-0.15, -0.1) is 0 Å². The molecule has 1 atom stereocenters. The fourth-order valence-electron chi connectivity index (χ4n) is 2.53. The SMILES string of the molecule is Cc1ccc(OCC(=O)N2CCC(Oc3cccnc3)C2)cc1. The molecule has 1 unspecified atom stereocenters. The zero-order valence-electron chi connectivity index (χ0n) is 13.1. The van der Waals surface area contributed by atoms with Crippen LogP contribution in [-0.4, -0.2) is 41.6 Å². The van der Waals surface area contributed by atoms with Crippen LogP contribution in [0.1, 0.15) is 12.0 Å². The van der Waals surface area contributed by atoms with Gasteiger partial charge in [0.25, 0.3) is 5.91 Å². The second-order valence-electron chi connectivity index (χ2n) is 5.66. The minimum atomic E-state index is -0.0112. The van der Waals surface area contributed by atoms with Gasteiger partial charge in [0.15, 0.2) is 6.61 Å². The van der Waals surface area contributed by atoms with Gasteiger partial charge in [0.1, 0.15) is 17.6 Å². The van der Waals surface area contributed by atoms with Crippen molar-refractivity contribution in [2.45, 2.75) is 19.4 Å². The van der Waals surface area contributed by atoms with Crippen molar-refractivity contribution in [3.8, 4) is 11.5 Å². The first-order valence-electron chi connectivity index (χ1n) is 7.74. The van der Waals surface area contributed by atoms with Crippen LogP contribution in [0.15, 0.2) is 48.8 Å². The lowest BCUT2D eigenvalue weighted by molar-refractivity contribution is -0.132. The molecule has 120 valence electrons. The monoisotopic (exact) mass is 312 g/mol. The normalized spacial score (nSPS) is 17.1. The van der Waals surface area contributed by atoms with E-state index in [-0.39, 0.29) is 18.6 Å². The minimum Gasteiger partial charge on any atom is -0.487 e. The van der Waals surface area contributed by atoms with Crippen LogP contribution in [0.25, 0.3) is 0 Å². The highest BCUT2D eigenvalue weighted by Crippen LogP contribution is 2.18. The van der Waals surface area contributed by atoms with Gasteiger partial charge in [-0.2, -0.15) is 0 Å². The number of pyridine rings is 1. The number of amides is 1. The lowest BCUT2D eigenvalue weighted by Gasteiger charge is -2.17. The second-order valence-corrected chi connectivity index (χ2v) is 5.66. The molecule has 23 heavy (non-hydrogen) atoms. The molecule has 0 spiro atoms. The zero-order chi connectivity index (χ0) is 16.1. The Morgan fingerprint density at radius 2 is 2.09 bits per heavy atom. The highest BCUT2D eigenvalue weighted by Gasteiger charge is 2.27. The molecular weight excluding hydrogens is 292 g/mol. The number of rotatable bonds is 5. The Bertz CT molecular complexity index is 643. The summed E-state index contributed by atoms with van der Waals surface area (Å²) in [6, 6.07) is 11.4. The first-order chi connectivity index (χ1) is 11.2. The first-order valence-corrected chi connectivity index (χ1v) is 7.74. The average molecular weight is 312 g/mol. The van der Waals surface area contributed by atoms with E-state index in [0.717, 1.165) is 12.2 Å². The third-order valence-corrected chi connectivity index (χ3v) is 3.82. The molecule has 1 aromatic carbocycles. The van der Waals surface area contributed by atoms with Crippen LogP contribution >= 0.6 is 0 Å². The van der Waals surface area contributed by atoms with Crippen LogP contribution in [0.3, 0.4) is 0 Å². The van der Waals surface area contributed by atoms with Crippen LogP contribution in [0.2, 0.25) is 0 Å².